The van der Waals surface area contributed by atoms with E-state index in [4.69, 9.17) is 9.39 Å². The van der Waals surface area contributed by atoms with Crippen molar-refractivity contribution in [2.45, 2.75) is 50.3 Å². The molecule has 2 bridgehead atoms. The van der Waals surface area contributed by atoms with Crippen LogP contribution in [0.2, 0.25) is 0 Å². The predicted octanol–water partition coefficient (Wildman–Crippen LogP) is -0.821. The SMILES string of the molecule is O=C(NOC1CCCCNC1)C1CCC2CN1C(=O)N2OS(=O)(=O)O. The molecule has 0 aromatic heterocycles. The molecule has 25 heavy (non-hydrogen) atoms. The summed E-state index contributed by atoms with van der Waals surface area (Å²) in [5, 5.41) is 3.83. The standard InChI is InChI=1S/C13H22N4O7S/c18-12(15-23-10-3-1-2-6-14-7-10)11-5-4-9-8-16(11)13(19)17(9)24-25(20,21)22/h9-11,14H,1-8H2,(H,15,18)(H,20,21,22). The Bertz CT molecular complexity index is 620. The third kappa shape index (κ3) is 4.39. The zero-order valence-corrected chi connectivity index (χ0v) is 14.4. The largest absolute Gasteiger partial charge is 0.418 e. The highest BCUT2D eigenvalue weighted by atomic mass is 32.3. The lowest BCUT2D eigenvalue weighted by Crippen LogP contribution is -2.50. The fourth-order valence-electron chi connectivity index (χ4n) is 3.40. The number of nitrogens with one attached hydrogen (secondary N) is 2. The van der Waals surface area contributed by atoms with Gasteiger partial charge in [-0.15, -0.1) is 4.28 Å². The number of carbonyl (C=O) groups excluding carboxylic acids is 2. The summed E-state index contributed by atoms with van der Waals surface area (Å²) in [5.74, 6) is -0.454. The van der Waals surface area contributed by atoms with Crippen molar-refractivity contribution in [1.29, 1.82) is 0 Å². The van der Waals surface area contributed by atoms with Crippen molar-refractivity contribution in [3.8, 4) is 0 Å². The van der Waals surface area contributed by atoms with Crippen molar-refractivity contribution in [3.63, 3.8) is 0 Å². The molecule has 12 heteroatoms. The number of nitrogens with zero attached hydrogens (tertiary/aromatic N) is 2. The molecular weight excluding hydrogens is 356 g/mol. The van der Waals surface area contributed by atoms with Gasteiger partial charge in [-0.1, -0.05) is 0 Å². The molecule has 3 aliphatic heterocycles. The van der Waals surface area contributed by atoms with Crippen LogP contribution in [0.4, 0.5) is 4.79 Å². The zero-order chi connectivity index (χ0) is 18.0. The van der Waals surface area contributed by atoms with Gasteiger partial charge in [0.15, 0.2) is 0 Å². The highest BCUT2D eigenvalue weighted by Crippen LogP contribution is 2.30. The summed E-state index contributed by atoms with van der Waals surface area (Å²) in [4.78, 5) is 31.3. The zero-order valence-electron chi connectivity index (χ0n) is 13.6. The van der Waals surface area contributed by atoms with E-state index in [-0.39, 0.29) is 12.6 Å². The minimum atomic E-state index is -4.80. The highest BCUT2D eigenvalue weighted by Gasteiger charge is 2.49. The maximum atomic E-state index is 12.4. The van der Waals surface area contributed by atoms with Crippen LogP contribution < -0.4 is 10.8 Å². The van der Waals surface area contributed by atoms with E-state index in [9.17, 15) is 18.0 Å². The first-order chi connectivity index (χ1) is 11.8. The molecule has 11 nitrogen and oxygen atoms in total. The van der Waals surface area contributed by atoms with Crippen LogP contribution in [0.5, 0.6) is 0 Å². The van der Waals surface area contributed by atoms with Gasteiger partial charge in [-0.25, -0.2) is 10.3 Å². The first-order valence-corrected chi connectivity index (χ1v) is 9.65. The Morgan fingerprint density at radius 2 is 2.08 bits per heavy atom. The van der Waals surface area contributed by atoms with Gasteiger partial charge in [-0.05, 0) is 38.6 Å². The molecule has 142 valence electrons. The first kappa shape index (κ1) is 18.3. The number of fused-ring (bicyclic) bond motifs is 2. The molecule has 3 rings (SSSR count). The van der Waals surface area contributed by atoms with Gasteiger partial charge in [0.05, 0.1) is 12.1 Å². The second-order valence-electron chi connectivity index (χ2n) is 6.42. The smallest absolute Gasteiger partial charge is 0.314 e. The highest BCUT2D eigenvalue weighted by molar-refractivity contribution is 7.80. The van der Waals surface area contributed by atoms with E-state index in [1.807, 2.05) is 0 Å². The van der Waals surface area contributed by atoms with Gasteiger partial charge in [0.2, 0.25) is 0 Å². The van der Waals surface area contributed by atoms with E-state index < -0.39 is 34.4 Å². The summed E-state index contributed by atoms with van der Waals surface area (Å²) in [7, 11) is -4.80. The monoisotopic (exact) mass is 378 g/mol. The molecule has 3 N–H and O–H groups in total. The summed E-state index contributed by atoms with van der Waals surface area (Å²) < 4.78 is 34.8. The molecule has 0 aromatic rings. The average Bonchev–Trinajstić information content (AvgIpc) is 2.77. The van der Waals surface area contributed by atoms with E-state index >= 15 is 0 Å². The molecule has 3 aliphatic rings. The van der Waals surface area contributed by atoms with Gasteiger partial charge in [0.25, 0.3) is 5.91 Å². The fourth-order valence-corrected chi connectivity index (χ4v) is 3.79. The first-order valence-electron chi connectivity index (χ1n) is 8.28. The minimum Gasteiger partial charge on any atom is -0.314 e. The maximum absolute atomic E-state index is 12.4. The molecule has 3 saturated heterocycles. The second-order valence-corrected chi connectivity index (χ2v) is 7.42. The quantitative estimate of drug-likeness (QED) is 0.417. The van der Waals surface area contributed by atoms with Crippen molar-refractivity contribution in [2.24, 2.45) is 0 Å². The van der Waals surface area contributed by atoms with Crippen molar-refractivity contribution >= 4 is 22.3 Å². The van der Waals surface area contributed by atoms with Crippen LogP contribution in [0, 0.1) is 0 Å². The Balaban J connectivity index is 1.56. The maximum Gasteiger partial charge on any atom is 0.418 e. The molecule has 3 atom stereocenters. The second kappa shape index (κ2) is 7.41. The van der Waals surface area contributed by atoms with Gasteiger partial charge in [-0.3, -0.25) is 14.2 Å². The lowest BCUT2D eigenvalue weighted by molar-refractivity contribution is -0.143. The third-order valence-corrected chi connectivity index (χ3v) is 4.98. The molecular formula is C13H22N4O7S. The van der Waals surface area contributed by atoms with Crippen molar-refractivity contribution in [3.05, 3.63) is 0 Å². The van der Waals surface area contributed by atoms with Crippen LogP contribution in [0.15, 0.2) is 0 Å². The van der Waals surface area contributed by atoms with Crippen LogP contribution in [-0.2, 0) is 24.3 Å². The van der Waals surface area contributed by atoms with E-state index in [1.165, 1.54) is 4.90 Å². The number of rotatable bonds is 5. The number of hydrogen-bond donors (Lipinski definition) is 3. The molecule has 0 radical (unpaired) electrons. The van der Waals surface area contributed by atoms with Crippen molar-refractivity contribution in [1.82, 2.24) is 20.8 Å². The molecule has 0 spiro atoms. The normalized spacial score (nSPS) is 30.3. The lowest BCUT2D eigenvalue weighted by Gasteiger charge is -2.29. The number of hydroxylamine groups is 3. The average molecular weight is 378 g/mol. The van der Waals surface area contributed by atoms with Crippen molar-refractivity contribution in [2.75, 3.05) is 19.6 Å². The Morgan fingerprint density at radius 3 is 2.84 bits per heavy atom. The van der Waals surface area contributed by atoms with E-state index in [1.54, 1.807) is 0 Å². The number of piperidine rings is 1. The van der Waals surface area contributed by atoms with Crippen LogP contribution in [0.1, 0.15) is 32.1 Å². The van der Waals surface area contributed by atoms with E-state index in [2.05, 4.69) is 15.1 Å². The molecule has 0 saturated carbocycles. The van der Waals surface area contributed by atoms with Gasteiger partial charge in [0.1, 0.15) is 6.04 Å². The summed E-state index contributed by atoms with van der Waals surface area (Å²) in [6.45, 7) is 1.72. The molecule has 3 amide bonds. The number of amides is 3. The van der Waals surface area contributed by atoms with Crippen molar-refractivity contribution < 1.29 is 31.7 Å². The Labute approximate surface area is 145 Å². The molecule has 3 fully saturated rings. The van der Waals surface area contributed by atoms with Gasteiger partial charge >= 0.3 is 16.4 Å². The van der Waals surface area contributed by atoms with Crippen LogP contribution in [0.3, 0.4) is 0 Å². The molecule has 3 unspecified atom stereocenters. The third-order valence-electron chi connectivity index (χ3n) is 4.63. The van der Waals surface area contributed by atoms with Gasteiger partial charge < -0.3 is 10.2 Å². The topological polar surface area (TPSA) is 138 Å². The number of urea groups is 1. The van der Waals surface area contributed by atoms with Crippen LogP contribution in [-0.4, -0.2) is 72.7 Å². The molecule has 3 heterocycles. The summed E-state index contributed by atoms with van der Waals surface area (Å²) >= 11 is 0. The van der Waals surface area contributed by atoms with Crippen LogP contribution >= 0.6 is 0 Å². The lowest BCUT2D eigenvalue weighted by atomic mass is 10.0. The summed E-state index contributed by atoms with van der Waals surface area (Å²) in [6, 6.07) is -2.06. The summed E-state index contributed by atoms with van der Waals surface area (Å²) in [6.07, 6.45) is 3.49. The predicted molar refractivity (Wildman–Crippen MR) is 83.1 cm³/mol. The Kier molecular flexibility index (Phi) is 5.43. The molecule has 0 aliphatic carbocycles. The van der Waals surface area contributed by atoms with Gasteiger partial charge in [-0.2, -0.15) is 13.5 Å². The van der Waals surface area contributed by atoms with Gasteiger partial charge in [0, 0.05) is 13.1 Å². The fraction of sp³-hybridized carbons (Fsp3) is 0.846. The Morgan fingerprint density at radius 1 is 1.28 bits per heavy atom. The number of hydrogen-bond acceptors (Lipinski definition) is 7. The van der Waals surface area contributed by atoms with E-state index in [0.717, 1.165) is 25.8 Å². The summed E-state index contributed by atoms with van der Waals surface area (Å²) in [5.41, 5.74) is 2.42. The number of carbonyl (C=O) groups is 2. The van der Waals surface area contributed by atoms with E-state index in [0.29, 0.717) is 24.4 Å². The Hall–Kier alpha value is -1.47. The van der Waals surface area contributed by atoms with Crippen LogP contribution in [0.25, 0.3) is 0 Å². The molecule has 0 aromatic carbocycles. The minimum absolute atomic E-state index is 0.128.